The van der Waals surface area contributed by atoms with E-state index >= 15 is 0 Å². The monoisotopic (exact) mass is 195 g/mol. The van der Waals surface area contributed by atoms with Gasteiger partial charge >= 0.3 is 0 Å². The summed E-state index contributed by atoms with van der Waals surface area (Å²) in [6.07, 6.45) is 1.97. The summed E-state index contributed by atoms with van der Waals surface area (Å²) >= 11 is 0. The molecule has 76 valence electrons. The number of ketones is 1. The molecule has 4 heteroatoms. The minimum atomic E-state index is -0.546. The Hall–Kier alpha value is -0.920. The van der Waals surface area contributed by atoms with E-state index in [1.807, 2.05) is 6.07 Å². The molecular weight excluding hydrogens is 182 g/mol. The van der Waals surface area contributed by atoms with E-state index in [0.717, 1.165) is 0 Å². The predicted octanol–water partition coefficient (Wildman–Crippen LogP) is 1.01. The van der Waals surface area contributed by atoms with E-state index in [0.29, 0.717) is 32.5 Å². The topological polar surface area (TPSA) is 59.3 Å². The fraction of sp³-hybridized carbons (Fsp3) is 0.800. The van der Waals surface area contributed by atoms with E-state index in [4.69, 9.17) is 14.7 Å². The molecule has 1 saturated heterocycles. The Morgan fingerprint density at radius 1 is 1.50 bits per heavy atom. The summed E-state index contributed by atoms with van der Waals surface area (Å²) in [6.45, 7) is 1.21. The molecule has 1 aliphatic heterocycles. The van der Waals surface area contributed by atoms with Crippen LogP contribution in [0.4, 0.5) is 0 Å². The number of carbonyl (C=O) groups is 1. The highest BCUT2D eigenvalue weighted by Crippen LogP contribution is 2.38. The first-order chi connectivity index (χ1) is 6.76. The molecule has 1 aliphatic carbocycles. The van der Waals surface area contributed by atoms with Crippen LogP contribution in [0.5, 0.6) is 0 Å². The summed E-state index contributed by atoms with van der Waals surface area (Å²) in [4.78, 5) is 11.5. The lowest BCUT2D eigenvalue weighted by molar-refractivity contribution is -0.188. The Morgan fingerprint density at radius 3 is 2.86 bits per heavy atom. The third kappa shape index (κ3) is 1.66. The highest BCUT2D eigenvalue weighted by molar-refractivity contribution is 5.82. The van der Waals surface area contributed by atoms with Crippen molar-refractivity contribution in [3.63, 3.8) is 0 Å². The highest BCUT2D eigenvalue weighted by Gasteiger charge is 2.44. The van der Waals surface area contributed by atoms with Crippen LogP contribution in [-0.2, 0) is 14.3 Å². The number of ether oxygens (including phenoxy) is 2. The average molecular weight is 195 g/mol. The maximum Gasteiger partial charge on any atom is 0.169 e. The molecule has 1 saturated carbocycles. The molecule has 0 N–H and O–H groups in total. The van der Waals surface area contributed by atoms with Crippen LogP contribution in [0, 0.1) is 17.2 Å². The highest BCUT2D eigenvalue weighted by atomic mass is 16.7. The van der Waals surface area contributed by atoms with E-state index < -0.39 is 5.79 Å². The SMILES string of the molecule is N#CCC1CC2(CCC1=O)OCCO2. The summed E-state index contributed by atoms with van der Waals surface area (Å²) in [5.74, 6) is -0.557. The van der Waals surface area contributed by atoms with Crippen LogP contribution in [0.3, 0.4) is 0 Å². The molecule has 0 bridgehead atoms. The molecule has 4 nitrogen and oxygen atoms in total. The summed E-state index contributed by atoms with van der Waals surface area (Å²) in [5, 5.41) is 8.58. The number of rotatable bonds is 1. The molecule has 14 heavy (non-hydrogen) atoms. The maximum atomic E-state index is 11.5. The second-order valence-electron chi connectivity index (χ2n) is 3.84. The normalized spacial score (nSPS) is 30.5. The standard InChI is InChI=1S/C10H13NO3/c11-4-2-8-7-10(3-1-9(8)12)13-5-6-14-10/h8H,1-3,5-7H2. The summed E-state index contributed by atoms with van der Waals surface area (Å²) in [5.41, 5.74) is 0. The second-order valence-corrected chi connectivity index (χ2v) is 3.84. The molecule has 1 atom stereocenters. The number of hydrogen-bond acceptors (Lipinski definition) is 4. The summed E-state index contributed by atoms with van der Waals surface area (Å²) in [7, 11) is 0. The van der Waals surface area contributed by atoms with Crippen LogP contribution in [0.1, 0.15) is 25.7 Å². The van der Waals surface area contributed by atoms with E-state index in [-0.39, 0.29) is 18.1 Å². The van der Waals surface area contributed by atoms with Gasteiger partial charge in [0, 0.05) is 31.6 Å². The van der Waals surface area contributed by atoms with Crippen molar-refractivity contribution in [1.29, 1.82) is 5.26 Å². The van der Waals surface area contributed by atoms with Crippen LogP contribution in [0.15, 0.2) is 0 Å². The Bertz CT molecular complexity index is 276. The van der Waals surface area contributed by atoms with Crippen molar-refractivity contribution >= 4 is 5.78 Å². The zero-order valence-corrected chi connectivity index (χ0v) is 7.99. The van der Waals surface area contributed by atoms with Gasteiger partial charge in [0.2, 0.25) is 0 Å². The van der Waals surface area contributed by atoms with Gasteiger partial charge in [0.1, 0.15) is 5.78 Å². The third-order valence-corrected chi connectivity index (χ3v) is 2.92. The molecule has 0 aromatic carbocycles. The average Bonchev–Trinajstić information content (AvgIpc) is 2.61. The number of hydrogen-bond donors (Lipinski definition) is 0. The third-order valence-electron chi connectivity index (χ3n) is 2.92. The molecule has 1 heterocycles. The van der Waals surface area contributed by atoms with Gasteiger partial charge in [-0.2, -0.15) is 5.26 Å². The number of Topliss-reactive ketones (excluding diaryl/α,β-unsaturated/α-hetero) is 1. The molecule has 2 fully saturated rings. The lowest BCUT2D eigenvalue weighted by Crippen LogP contribution is -2.40. The van der Waals surface area contributed by atoms with Crippen molar-refractivity contribution in [2.45, 2.75) is 31.5 Å². The number of nitriles is 1. The van der Waals surface area contributed by atoms with Gasteiger partial charge in [0.15, 0.2) is 5.79 Å². The Labute approximate surface area is 82.8 Å². The van der Waals surface area contributed by atoms with Crippen LogP contribution in [0.2, 0.25) is 0 Å². The predicted molar refractivity (Wildman–Crippen MR) is 47.2 cm³/mol. The molecule has 2 aliphatic rings. The van der Waals surface area contributed by atoms with Crippen molar-refractivity contribution < 1.29 is 14.3 Å². The fourth-order valence-corrected chi connectivity index (χ4v) is 2.16. The van der Waals surface area contributed by atoms with Crippen LogP contribution in [-0.4, -0.2) is 24.8 Å². The number of carbonyl (C=O) groups excluding carboxylic acids is 1. The van der Waals surface area contributed by atoms with Gasteiger partial charge in [0.25, 0.3) is 0 Å². The minimum Gasteiger partial charge on any atom is -0.347 e. The van der Waals surface area contributed by atoms with Crippen molar-refractivity contribution in [3.05, 3.63) is 0 Å². The molecule has 1 unspecified atom stereocenters. The Balaban J connectivity index is 2.05. The van der Waals surface area contributed by atoms with Gasteiger partial charge in [-0.3, -0.25) is 4.79 Å². The molecule has 0 aromatic rings. The Morgan fingerprint density at radius 2 is 2.21 bits per heavy atom. The molecule has 0 amide bonds. The zero-order valence-electron chi connectivity index (χ0n) is 7.99. The summed E-state index contributed by atoms with van der Waals surface area (Å²) < 4.78 is 11.0. The van der Waals surface area contributed by atoms with Crippen LogP contribution >= 0.6 is 0 Å². The van der Waals surface area contributed by atoms with E-state index in [2.05, 4.69) is 0 Å². The first kappa shape index (κ1) is 9.63. The van der Waals surface area contributed by atoms with Crippen molar-refractivity contribution in [1.82, 2.24) is 0 Å². The van der Waals surface area contributed by atoms with Gasteiger partial charge in [0.05, 0.1) is 19.3 Å². The zero-order chi connectivity index (χ0) is 10.0. The molecule has 0 aromatic heterocycles. The minimum absolute atomic E-state index is 0.177. The fourth-order valence-electron chi connectivity index (χ4n) is 2.16. The van der Waals surface area contributed by atoms with Crippen molar-refractivity contribution in [2.24, 2.45) is 5.92 Å². The lowest BCUT2D eigenvalue weighted by atomic mass is 9.82. The molecular formula is C10H13NO3. The second kappa shape index (κ2) is 3.68. The maximum absolute atomic E-state index is 11.5. The van der Waals surface area contributed by atoms with Gasteiger partial charge in [-0.1, -0.05) is 0 Å². The molecule has 0 radical (unpaired) electrons. The largest absolute Gasteiger partial charge is 0.347 e. The summed E-state index contributed by atoms with van der Waals surface area (Å²) in [6, 6.07) is 2.04. The first-order valence-electron chi connectivity index (χ1n) is 4.93. The quantitative estimate of drug-likeness (QED) is 0.626. The van der Waals surface area contributed by atoms with Gasteiger partial charge in [-0.25, -0.2) is 0 Å². The first-order valence-corrected chi connectivity index (χ1v) is 4.93. The van der Waals surface area contributed by atoms with Crippen molar-refractivity contribution in [3.8, 4) is 6.07 Å². The van der Waals surface area contributed by atoms with E-state index in [1.165, 1.54) is 0 Å². The van der Waals surface area contributed by atoms with Crippen molar-refractivity contribution in [2.75, 3.05) is 13.2 Å². The number of nitrogens with zero attached hydrogens (tertiary/aromatic N) is 1. The van der Waals surface area contributed by atoms with Gasteiger partial charge in [-0.05, 0) is 0 Å². The Kier molecular flexibility index (Phi) is 2.53. The van der Waals surface area contributed by atoms with E-state index in [1.54, 1.807) is 0 Å². The van der Waals surface area contributed by atoms with E-state index in [9.17, 15) is 4.79 Å². The van der Waals surface area contributed by atoms with Gasteiger partial charge in [-0.15, -0.1) is 0 Å². The molecule has 1 spiro atoms. The van der Waals surface area contributed by atoms with Crippen LogP contribution < -0.4 is 0 Å². The molecule has 2 rings (SSSR count). The lowest BCUT2D eigenvalue weighted by Gasteiger charge is -2.34. The van der Waals surface area contributed by atoms with Gasteiger partial charge < -0.3 is 9.47 Å². The van der Waals surface area contributed by atoms with Crippen LogP contribution in [0.25, 0.3) is 0 Å². The smallest absolute Gasteiger partial charge is 0.169 e.